The van der Waals surface area contributed by atoms with Gasteiger partial charge in [-0.3, -0.25) is 4.79 Å². The molecule has 0 aliphatic carbocycles. The van der Waals surface area contributed by atoms with Gasteiger partial charge in [-0.05, 0) is 24.6 Å². The second-order valence-corrected chi connectivity index (χ2v) is 4.61. The summed E-state index contributed by atoms with van der Waals surface area (Å²) >= 11 is 3.33. The van der Waals surface area contributed by atoms with Crippen LogP contribution in [0.5, 0.6) is 11.5 Å². The number of methoxy groups -OCH3 is 2. The molecule has 1 unspecified atom stereocenters. The highest BCUT2D eigenvalue weighted by atomic mass is 79.9. The summed E-state index contributed by atoms with van der Waals surface area (Å²) in [4.78, 5) is 11.4. The number of esters is 1. The first-order valence-electron chi connectivity index (χ1n) is 5.78. The largest absolute Gasteiger partial charge is 0.493 e. The molecule has 0 bridgehead atoms. The van der Waals surface area contributed by atoms with Crippen LogP contribution in [-0.4, -0.2) is 31.9 Å². The van der Waals surface area contributed by atoms with Gasteiger partial charge in [-0.15, -0.1) is 0 Å². The molecule has 1 aromatic rings. The lowest BCUT2D eigenvalue weighted by atomic mass is 10.1. The van der Waals surface area contributed by atoms with Gasteiger partial charge in [0.15, 0.2) is 11.5 Å². The van der Waals surface area contributed by atoms with Crippen LogP contribution in [0.15, 0.2) is 16.6 Å². The van der Waals surface area contributed by atoms with Crippen molar-refractivity contribution in [3.05, 3.63) is 22.2 Å². The predicted molar refractivity (Wildman–Crippen MR) is 73.5 cm³/mol. The number of carbonyl (C=O) groups is 1. The lowest BCUT2D eigenvalue weighted by molar-refractivity contribution is -0.145. The van der Waals surface area contributed by atoms with E-state index >= 15 is 0 Å². The van der Waals surface area contributed by atoms with Crippen LogP contribution in [0.4, 0.5) is 0 Å². The summed E-state index contributed by atoms with van der Waals surface area (Å²) in [5.74, 6) is 0.585. The lowest BCUT2D eigenvalue weighted by Crippen LogP contribution is -2.10. The summed E-state index contributed by atoms with van der Waals surface area (Å²) < 4.78 is 15.8. The molecule has 0 amide bonds. The Morgan fingerprint density at radius 2 is 1.89 bits per heavy atom. The first-order valence-corrected chi connectivity index (χ1v) is 6.57. The zero-order valence-corrected chi connectivity index (χ0v) is 12.7. The molecular weight excluding hydrogens is 316 g/mol. The monoisotopic (exact) mass is 332 g/mol. The molecule has 0 heterocycles. The predicted octanol–water partition coefficient (Wildman–Crippen LogP) is 2.45. The Labute approximate surface area is 120 Å². The van der Waals surface area contributed by atoms with Crippen LogP contribution in [-0.2, 0) is 9.53 Å². The molecule has 0 aromatic heterocycles. The van der Waals surface area contributed by atoms with Gasteiger partial charge in [-0.1, -0.05) is 15.9 Å². The van der Waals surface area contributed by atoms with E-state index < -0.39 is 12.1 Å². The minimum Gasteiger partial charge on any atom is -0.493 e. The average Bonchev–Trinajstić information content (AvgIpc) is 2.38. The van der Waals surface area contributed by atoms with E-state index in [0.29, 0.717) is 28.1 Å². The van der Waals surface area contributed by atoms with Crippen LogP contribution < -0.4 is 9.47 Å². The van der Waals surface area contributed by atoms with Crippen LogP contribution in [0.25, 0.3) is 0 Å². The topological polar surface area (TPSA) is 65.0 Å². The molecule has 0 saturated heterocycles. The molecule has 0 spiro atoms. The first kappa shape index (κ1) is 15.8. The number of halogens is 1. The minimum absolute atomic E-state index is 0.109. The highest BCUT2D eigenvalue weighted by Crippen LogP contribution is 2.36. The van der Waals surface area contributed by atoms with E-state index in [0.717, 1.165) is 0 Å². The van der Waals surface area contributed by atoms with Crippen molar-refractivity contribution in [3.63, 3.8) is 0 Å². The number of hydrogen-bond donors (Lipinski definition) is 1. The maximum atomic E-state index is 11.4. The van der Waals surface area contributed by atoms with Crippen molar-refractivity contribution >= 4 is 21.9 Å². The van der Waals surface area contributed by atoms with E-state index in [1.54, 1.807) is 19.1 Å². The molecule has 1 N–H and O–H groups in total. The van der Waals surface area contributed by atoms with Gasteiger partial charge in [0.1, 0.15) is 0 Å². The van der Waals surface area contributed by atoms with Gasteiger partial charge >= 0.3 is 5.97 Å². The maximum absolute atomic E-state index is 11.4. The third-order valence-electron chi connectivity index (χ3n) is 2.53. The zero-order valence-electron chi connectivity index (χ0n) is 11.1. The van der Waals surface area contributed by atoms with E-state index in [9.17, 15) is 9.90 Å². The smallest absolute Gasteiger partial charge is 0.308 e. The van der Waals surface area contributed by atoms with Crippen molar-refractivity contribution in [1.82, 2.24) is 0 Å². The standard InChI is InChI=1S/C13H17BrO5/c1-4-19-13(16)7-10(15)8-5-11(17-2)12(18-3)6-9(8)14/h5-6,10,15H,4,7H2,1-3H3. The van der Waals surface area contributed by atoms with Gasteiger partial charge in [-0.25, -0.2) is 0 Å². The van der Waals surface area contributed by atoms with Crippen molar-refractivity contribution in [2.24, 2.45) is 0 Å². The third kappa shape index (κ3) is 4.11. The number of benzene rings is 1. The van der Waals surface area contributed by atoms with Crippen LogP contribution in [0.3, 0.4) is 0 Å². The zero-order chi connectivity index (χ0) is 14.4. The maximum Gasteiger partial charge on any atom is 0.308 e. The van der Waals surface area contributed by atoms with Crippen molar-refractivity contribution in [2.75, 3.05) is 20.8 Å². The normalized spacial score (nSPS) is 11.8. The second kappa shape index (κ2) is 7.35. The van der Waals surface area contributed by atoms with Gasteiger partial charge in [0.05, 0.1) is 33.4 Å². The van der Waals surface area contributed by atoms with Crippen molar-refractivity contribution < 1.29 is 24.1 Å². The molecule has 106 valence electrons. The summed E-state index contributed by atoms with van der Waals surface area (Å²) in [6.45, 7) is 2.01. The van der Waals surface area contributed by atoms with Crippen LogP contribution in [0.1, 0.15) is 25.0 Å². The summed E-state index contributed by atoms with van der Waals surface area (Å²) in [5, 5.41) is 10.1. The van der Waals surface area contributed by atoms with Crippen LogP contribution in [0.2, 0.25) is 0 Å². The van der Waals surface area contributed by atoms with Gasteiger partial charge in [-0.2, -0.15) is 0 Å². The SMILES string of the molecule is CCOC(=O)CC(O)c1cc(OC)c(OC)cc1Br. The number of carbonyl (C=O) groups excluding carboxylic acids is 1. The molecule has 0 saturated carbocycles. The van der Waals surface area contributed by atoms with Crippen molar-refractivity contribution in [1.29, 1.82) is 0 Å². The number of aliphatic hydroxyl groups is 1. The fraction of sp³-hybridized carbons (Fsp3) is 0.462. The number of aliphatic hydroxyl groups excluding tert-OH is 1. The summed E-state index contributed by atoms with van der Waals surface area (Å²) in [6, 6.07) is 3.31. The lowest BCUT2D eigenvalue weighted by Gasteiger charge is -2.15. The number of ether oxygens (including phenoxy) is 3. The highest BCUT2D eigenvalue weighted by molar-refractivity contribution is 9.10. The van der Waals surface area contributed by atoms with E-state index in [4.69, 9.17) is 14.2 Å². The van der Waals surface area contributed by atoms with Gasteiger partial charge in [0, 0.05) is 4.47 Å². The molecule has 1 atom stereocenters. The van der Waals surface area contributed by atoms with E-state index in [1.165, 1.54) is 14.2 Å². The van der Waals surface area contributed by atoms with Crippen molar-refractivity contribution in [2.45, 2.75) is 19.4 Å². The Kier molecular flexibility index (Phi) is 6.11. The van der Waals surface area contributed by atoms with Gasteiger partial charge in [0.2, 0.25) is 0 Å². The second-order valence-electron chi connectivity index (χ2n) is 3.75. The molecule has 0 aliphatic rings. The summed E-state index contributed by atoms with van der Waals surface area (Å²) in [6.07, 6.45) is -1.07. The molecule has 19 heavy (non-hydrogen) atoms. The Hall–Kier alpha value is -1.27. The summed E-state index contributed by atoms with van der Waals surface area (Å²) in [7, 11) is 3.03. The fourth-order valence-corrected chi connectivity index (χ4v) is 2.20. The molecule has 1 rings (SSSR count). The molecule has 5 nitrogen and oxygen atoms in total. The van der Waals surface area contributed by atoms with Crippen molar-refractivity contribution in [3.8, 4) is 11.5 Å². The Bertz CT molecular complexity index is 447. The molecule has 1 aromatic carbocycles. The Morgan fingerprint density at radius 3 is 2.42 bits per heavy atom. The minimum atomic E-state index is -0.965. The Balaban J connectivity index is 2.96. The Morgan fingerprint density at radius 1 is 1.32 bits per heavy atom. The molecule has 0 radical (unpaired) electrons. The number of rotatable bonds is 6. The molecule has 6 heteroatoms. The fourth-order valence-electron chi connectivity index (χ4n) is 1.61. The molecule has 0 aliphatic heterocycles. The van der Waals surface area contributed by atoms with E-state index in [1.807, 2.05) is 0 Å². The van der Waals surface area contributed by atoms with Gasteiger partial charge < -0.3 is 19.3 Å². The third-order valence-corrected chi connectivity index (χ3v) is 3.21. The average molecular weight is 333 g/mol. The van der Waals surface area contributed by atoms with Crippen LogP contribution >= 0.6 is 15.9 Å². The van der Waals surface area contributed by atoms with Crippen LogP contribution in [0, 0.1) is 0 Å². The summed E-state index contributed by atoms with van der Waals surface area (Å²) in [5.41, 5.74) is 0.547. The first-order chi connectivity index (χ1) is 9.03. The quantitative estimate of drug-likeness (QED) is 0.810. The molecule has 0 fully saturated rings. The highest BCUT2D eigenvalue weighted by Gasteiger charge is 2.19. The molecular formula is C13H17BrO5. The van der Waals surface area contributed by atoms with Gasteiger partial charge in [0.25, 0.3) is 0 Å². The van der Waals surface area contributed by atoms with E-state index in [-0.39, 0.29) is 6.42 Å². The number of hydrogen-bond acceptors (Lipinski definition) is 5. The van der Waals surface area contributed by atoms with E-state index in [2.05, 4.69) is 15.9 Å².